The summed E-state index contributed by atoms with van der Waals surface area (Å²) in [6, 6.07) is 0. The molecule has 0 unspecified atom stereocenters. The molecule has 1 aliphatic rings. The van der Waals surface area contributed by atoms with Gasteiger partial charge in [-0.25, -0.2) is 0 Å². The molecule has 0 amide bonds. The largest absolute Gasteiger partial charge is 0.340 e. The van der Waals surface area contributed by atoms with E-state index in [1.807, 2.05) is 0 Å². The summed E-state index contributed by atoms with van der Waals surface area (Å²) >= 11 is 0. The van der Waals surface area contributed by atoms with Gasteiger partial charge in [-0.2, -0.15) is 0 Å². The van der Waals surface area contributed by atoms with Gasteiger partial charge < -0.3 is 18.6 Å². The number of hydrogen-bond acceptors (Lipinski definition) is 4. The molecule has 1 saturated heterocycles. The molecule has 0 spiro atoms. The Morgan fingerprint density at radius 2 is 0.875 bits per heavy atom. The first kappa shape index (κ1) is 14.8. The fourth-order valence-corrected chi connectivity index (χ4v) is 41.5. The van der Waals surface area contributed by atoms with Gasteiger partial charge in [0.15, 0.2) is 33.6 Å². The average molecular weight is 293 g/mol. The first-order chi connectivity index (χ1) is 6.73. The maximum Gasteiger partial charge on any atom is 0.183 e. The van der Waals surface area contributed by atoms with E-state index in [9.17, 15) is 0 Å². The molecular weight excluding hydrogens is 264 g/mol. The van der Waals surface area contributed by atoms with Gasteiger partial charge in [-0.3, -0.25) is 0 Å². The zero-order chi connectivity index (χ0) is 13.2. The standard InChI is InChI=1S/C8H28N4Si4/c1-13(2,9)11-15(5,6)12(14(3,4)10)16(11,7)8/h9-10H2,1-8H3. The molecule has 0 aromatic rings. The smallest absolute Gasteiger partial charge is 0.183 e. The number of hydrogen-bond donors (Lipinski definition) is 2. The van der Waals surface area contributed by atoms with Crippen LogP contribution in [0.15, 0.2) is 0 Å². The van der Waals surface area contributed by atoms with Crippen LogP contribution in [0.25, 0.3) is 0 Å². The van der Waals surface area contributed by atoms with E-state index in [4.69, 9.17) is 10.8 Å². The zero-order valence-electron chi connectivity index (χ0n) is 12.0. The summed E-state index contributed by atoms with van der Waals surface area (Å²) in [7, 11) is -6.39. The molecule has 96 valence electrons. The molecule has 4 N–H and O–H groups in total. The van der Waals surface area contributed by atoms with Crippen molar-refractivity contribution in [3.63, 3.8) is 0 Å². The Morgan fingerprint density at radius 3 is 1.00 bits per heavy atom. The Hall–Kier alpha value is 0.708. The topological polar surface area (TPSA) is 58.5 Å². The van der Waals surface area contributed by atoms with E-state index >= 15 is 0 Å². The van der Waals surface area contributed by atoms with Crippen molar-refractivity contribution in [3.8, 4) is 0 Å². The molecule has 0 radical (unpaired) electrons. The molecule has 1 aliphatic heterocycles. The minimum atomic E-state index is -1.68. The van der Waals surface area contributed by atoms with Crippen molar-refractivity contribution in [3.05, 3.63) is 0 Å². The lowest BCUT2D eigenvalue weighted by atomic mass is 11.9. The highest BCUT2D eigenvalue weighted by Crippen LogP contribution is 2.43. The number of nitrogens with two attached hydrogens (primary N) is 2. The van der Waals surface area contributed by atoms with Crippen molar-refractivity contribution in [2.24, 2.45) is 10.8 Å². The van der Waals surface area contributed by atoms with Crippen LogP contribution in [-0.4, -0.2) is 41.4 Å². The summed E-state index contributed by atoms with van der Waals surface area (Å²) in [4.78, 5) is 0. The molecule has 1 rings (SSSR count). The monoisotopic (exact) mass is 292 g/mol. The molecule has 1 fully saturated rings. The molecule has 0 aromatic heterocycles. The van der Waals surface area contributed by atoms with Crippen molar-refractivity contribution in [2.45, 2.75) is 52.4 Å². The van der Waals surface area contributed by atoms with Gasteiger partial charge in [0.2, 0.25) is 0 Å². The maximum absolute atomic E-state index is 6.48. The first-order valence-corrected chi connectivity index (χ1v) is 17.8. The molecule has 0 saturated carbocycles. The minimum absolute atomic E-state index is 1.51. The van der Waals surface area contributed by atoms with Gasteiger partial charge in [-0.05, 0) is 52.4 Å². The van der Waals surface area contributed by atoms with Gasteiger partial charge in [0.05, 0.1) is 0 Å². The quantitative estimate of drug-likeness (QED) is 0.754. The minimum Gasteiger partial charge on any atom is -0.340 e. The third-order valence-corrected chi connectivity index (χ3v) is 30.1. The van der Waals surface area contributed by atoms with Crippen LogP contribution in [-0.2, 0) is 0 Å². The summed E-state index contributed by atoms with van der Waals surface area (Å²) in [6.45, 7) is 18.7. The van der Waals surface area contributed by atoms with Crippen LogP contribution in [0.3, 0.4) is 0 Å². The SMILES string of the molecule is C[Si](C)(N)N1[Si](C)(C)N([Si](C)(C)N)[Si]1(C)C. The summed E-state index contributed by atoms with van der Waals surface area (Å²) in [5.74, 6) is 0. The highest BCUT2D eigenvalue weighted by atomic mass is 28.6. The Labute approximate surface area is 105 Å². The van der Waals surface area contributed by atoms with E-state index in [1.54, 1.807) is 0 Å². The summed E-state index contributed by atoms with van der Waals surface area (Å²) in [5.41, 5.74) is 0. The Balaban J connectivity index is 3.15. The summed E-state index contributed by atoms with van der Waals surface area (Å²) < 4.78 is 5.52. The van der Waals surface area contributed by atoms with E-state index in [2.05, 4.69) is 60.2 Å². The van der Waals surface area contributed by atoms with Crippen LogP contribution in [0.2, 0.25) is 52.4 Å². The normalized spacial score (nSPS) is 26.6. The lowest BCUT2D eigenvalue weighted by molar-refractivity contribution is 0.608. The van der Waals surface area contributed by atoms with Crippen molar-refractivity contribution in [1.82, 2.24) is 7.79 Å². The fourth-order valence-electron chi connectivity index (χ4n) is 4.32. The molecule has 0 atom stereocenters. The van der Waals surface area contributed by atoms with Crippen molar-refractivity contribution < 1.29 is 0 Å². The molecule has 0 aromatic carbocycles. The van der Waals surface area contributed by atoms with Crippen molar-refractivity contribution in [1.29, 1.82) is 0 Å². The van der Waals surface area contributed by atoms with E-state index in [1.165, 1.54) is 0 Å². The average Bonchev–Trinajstić information content (AvgIpc) is 1.69. The van der Waals surface area contributed by atoms with Crippen LogP contribution in [0.5, 0.6) is 0 Å². The first-order valence-electron chi connectivity index (χ1n) is 5.92. The highest BCUT2D eigenvalue weighted by Gasteiger charge is 2.67. The van der Waals surface area contributed by atoms with E-state index < -0.39 is 33.6 Å². The predicted octanol–water partition coefficient (Wildman–Crippen LogP) is 1.33. The van der Waals surface area contributed by atoms with Gasteiger partial charge >= 0.3 is 0 Å². The third kappa shape index (κ3) is 2.05. The second-order valence-electron chi connectivity index (χ2n) is 6.97. The Morgan fingerprint density at radius 1 is 0.688 bits per heavy atom. The molecule has 1 heterocycles. The maximum atomic E-state index is 6.48. The van der Waals surface area contributed by atoms with Gasteiger partial charge in [0.1, 0.15) is 0 Å². The third-order valence-electron chi connectivity index (χ3n) is 3.34. The fraction of sp³-hybridized carbons (Fsp3) is 1.00. The highest BCUT2D eigenvalue weighted by molar-refractivity contribution is 7.19. The van der Waals surface area contributed by atoms with Gasteiger partial charge in [0, 0.05) is 0 Å². The summed E-state index contributed by atoms with van der Waals surface area (Å²) in [5, 5.41) is 13.0. The molecule has 8 heteroatoms. The van der Waals surface area contributed by atoms with E-state index in [0.29, 0.717) is 0 Å². The lowest BCUT2D eigenvalue weighted by Gasteiger charge is -2.74. The Kier molecular flexibility index (Phi) is 3.33. The number of rotatable bonds is 2. The lowest BCUT2D eigenvalue weighted by Crippen LogP contribution is -3.00. The zero-order valence-corrected chi connectivity index (χ0v) is 16.0. The van der Waals surface area contributed by atoms with Crippen LogP contribution < -0.4 is 10.8 Å². The van der Waals surface area contributed by atoms with Gasteiger partial charge in [-0.1, -0.05) is 0 Å². The molecule has 4 nitrogen and oxygen atoms in total. The van der Waals surface area contributed by atoms with Crippen LogP contribution >= 0.6 is 0 Å². The van der Waals surface area contributed by atoms with Crippen molar-refractivity contribution in [2.75, 3.05) is 0 Å². The molecule has 16 heavy (non-hydrogen) atoms. The Bertz CT molecular complexity index is 249. The molecule has 0 aliphatic carbocycles. The van der Waals surface area contributed by atoms with E-state index in [-0.39, 0.29) is 0 Å². The van der Waals surface area contributed by atoms with Crippen LogP contribution in [0.4, 0.5) is 0 Å². The van der Waals surface area contributed by atoms with Crippen LogP contribution in [0.1, 0.15) is 0 Å². The van der Waals surface area contributed by atoms with Gasteiger partial charge in [0.25, 0.3) is 0 Å². The second-order valence-corrected chi connectivity index (χ2v) is 24.9. The number of nitrogens with zero attached hydrogens (tertiary/aromatic N) is 2. The van der Waals surface area contributed by atoms with Crippen molar-refractivity contribution >= 4 is 33.6 Å². The van der Waals surface area contributed by atoms with E-state index in [0.717, 1.165) is 0 Å². The van der Waals surface area contributed by atoms with Crippen LogP contribution in [0, 0.1) is 0 Å². The second kappa shape index (κ2) is 3.60. The molecular formula is C8H28N4Si4. The van der Waals surface area contributed by atoms with Gasteiger partial charge in [-0.15, -0.1) is 0 Å². The summed E-state index contributed by atoms with van der Waals surface area (Å²) in [6.07, 6.45) is 0. The molecule has 0 bridgehead atoms. The predicted molar refractivity (Wildman–Crippen MR) is 82.0 cm³/mol.